The fourth-order valence-electron chi connectivity index (χ4n) is 2.03. The molecular formula is C15H12F3NO4S. The molecule has 0 spiro atoms. The molecule has 0 saturated heterocycles. The Morgan fingerprint density at radius 3 is 2.29 bits per heavy atom. The van der Waals surface area contributed by atoms with E-state index >= 15 is 0 Å². The summed E-state index contributed by atoms with van der Waals surface area (Å²) in [5.41, 5.74) is -0.773. The van der Waals surface area contributed by atoms with E-state index in [0.717, 1.165) is 6.07 Å². The number of aryl methyl sites for hydroxylation is 1. The van der Waals surface area contributed by atoms with Gasteiger partial charge in [-0.3, -0.25) is 4.72 Å². The van der Waals surface area contributed by atoms with Crippen LogP contribution in [0.3, 0.4) is 0 Å². The molecule has 2 aromatic rings. The van der Waals surface area contributed by atoms with Gasteiger partial charge in [-0.15, -0.1) is 0 Å². The maximum absolute atomic E-state index is 13.6. The molecule has 0 amide bonds. The Morgan fingerprint density at radius 1 is 1.08 bits per heavy atom. The highest BCUT2D eigenvalue weighted by Gasteiger charge is 2.22. The first-order chi connectivity index (χ1) is 11.2. The van der Waals surface area contributed by atoms with E-state index in [1.807, 2.05) is 4.72 Å². The van der Waals surface area contributed by atoms with Gasteiger partial charge in [0, 0.05) is 12.1 Å². The van der Waals surface area contributed by atoms with Gasteiger partial charge in [0.25, 0.3) is 10.0 Å². The van der Waals surface area contributed by atoms with Crippen LogP contribution < -0.4 is 4.72 Å². The van der Waals surface area contributed by atoms with Gasteiger partial charge in [-0.25, -0.2) is 26.4 Å². The van der Waals surface area contributed by atoms with E-state index in [2.05, 4.69) is 0 Å². The van der Waals surface area contributed by atoms with Crippen LogP contribution in [0.1, 0.15) is 22.8 Å². The van der Waals surface area contributed by atoms with Gasteiger partial charge >= 0.3 is 5.97 Å². The summed E-state index contributed by atoms with van der Waals surface area (Å²) < 4.78 is 66.4. The summed E-state index contributed by atoms with van der Waals surface area (Å²) in [6.45, 7) is 1.65. The molecule has 0 aromatic heterocycles. The van der Waals surface area contributed by atoms with Gasteiger partial charge in [-0.1, -0.05) is 13.0 Å². The molecule has 2 rings (SSSR count). The summed E-state index contributed by atoms with van der Waals surface area (Å²) in [4.78, 5) is 10.6. The van der Waals surface area contributed by atoms with E-state index in [1.165, 1.54) is 12.1 Å². The summed E-state index contributed by atoms with van der Waals surface area (Å²) >= 11 is 0. The van der Waals surface area contributed by atoms with Gasteiger partial charge in [0.15, 0.2) is 11.6 Å². The molecule has 0 aliphatic carbocycles. The number of halogens is 3. The number of anilines is 1. The lowest BCUT2D eigenvalue weighted by atomic mass is 10.1. The summed E-state index contributed by atoms with van der Waals surface area (Å²) in [6, 6.07) is 4.05. The smallest absolute Gasteiger partial charge is 0.335 e. The molecule has 0 bridgehead atoms. The molecule has 9 heteroatoms. The second kappa shape index (κ2) is 6.52. The molecule has 24 heavy (non-hydrogen) atoms. The number of benzene rings is 2. The summed E-state index contributed by atoms with van der Waals surface area (Å²) in [6.07, 6.45) is 0.260. The molecule has 0 aliphatic heterocycles. The Morgan fingerprint density at radius 2 is 1.71 bits per heavy atom. The lowest BCUT2D eigenvalue weighted by Gasteiger charge is -2.13. The highest BCUT2D eigenvalue weighted by atomic mass is 32.2. The second-order valence-electron chi connectivity index (χ2n) is 4.83. The van der Waals surface area contributed by atoms with E-state index in [0.29, 0.717) is 6.07 Å². The van der Waals surface area contributed by atoms with Crippen molar-refractivity contribution in [2.75, 3.05) is 4.72 Å². The molecule has 0 aliphatic rings. The zero-order valence-electron chi connectivity index (χ0n) is 12.3. The van der Waals surface area contributed by atoms with Gasteiger partial charge in [-0.2, -0.15) is 0 Å². The normalized spacial score (nSPS) is 11.3. The fraction of sp³-hybridized carbons (Fsp3) is 0.133. The number of aromatic carboxylic acids is 1. The Kier molecular flexibility index (Phi) is 4.83. The highest BCUT2D eigenvalue weighted by molar-refractivity contribution is 7.92. The maximum atomic E-state index is 13.6. The lowest BCUT2D eigenvalue weighted by molar-refractivity contribution is 0.0696. The molecule has 2 N–H and O–H groups in total. The van der Waals surface area contributed by atoms with Crippen LogP contribution >= 0.6 is 0 Å². The SMILES string of the molecule is CCc1ccc(C(=O)O)cc1S(=O)(=O)Nc1cc(F)c(F)cc1F. The average molecular weight is 359 g/mol. The van der Waals surface area contributed by atoms with Crippen molar-refractivity contribution in [3.63, 3.8) is 0 Å². The second-order valence-corrected chi connectivity index (χ2v) is 6.48. The molecule has 2 aromatic carbocycles. The number of carboxylic acids is 1. The number of carboxylic acid groups (broad SMARTS) is 1. The molecule has 0 fully saturated rings. The molecule has 128 valence electrons. The average Bonchev–Trinajstić information content (AvgIpc) is 2.51. The van der Waals surface area contributed by atoms with Crippen molar-refractivity contribution in [1.82, 2.24) is 0 Å². The largest absolute Gasteiger partial charge is 0.478 e. The van der Waals surface area contributed by atoms with Crippen molar-refractivity contribution in [2.24, 2.45) is 0 Å². The lowest BCUT2D eigenvalue weighted by Crippen LogP contribution is -2.17. The summed E-state index contributed by atoms with van der Waals surface area (Å²) in [7, 11) is -4.41. The topological polar surface area (TPSA) is 83.5 Å². The maximum Gasteiger partial charge on any atom is 0.335 e. The first-order valence-electron chi connectivity index (χ1n) is 6.69. The van der Waals surface area contributed by atoms with Crippen molar-refractivity contribution in [3.05, 3.63) is 58.9 Å². The Labute approximate surface area is 135 Å². The predicted octanol–water partition coefficient (Wildman–Crippen LogP) is 3.17. The molecular weight excluding hydrogens is 347 g/mol. The van der Waals surface area contributed by atoms with E-state index in [4.69, 9.17) is 5.11 Å². The fourth-order valence-corrected chi connectivity index (χ4v) is 3.43. The zero-order chi connectivity index (χ0) is 18.1. The van der Waals surface area contributed by atoms with Crippen molar-refractivity contribution in [1.29, 1.82) is 0 Å². The minimum absolute atomic E-state index is 0.210. The number of hydrogen-bond donors (Lipinski definition) is 2. The van der Waals surface area contributed by atoms with Crippen LogP contribution in [0.4, 0.5) is 18.9 Å². The summed E-state index contributed by atoms with van der Waals surface area (Å²) in [5, 5.41) is 8.97. The monoisotopic (exact) mass is 359 g/mol. The minimum atomic E-state index is -4.41. The van der Waals surface area contributed by atoms with Crippen LogP contribution in [0.2, 0.25) is 0 Å². The standard InChI is InChI=1S/C15H12F3NO4S/c1-2-8-3-4-9(15(20)21)5-14(8)24(22,23)19-13-7-11(17)10(16)6-12(13)18/h3-7,19H,2H2,1H3,(H,20,21). The summed E-state index contributed by atoms with van der Waals surface area (Å²) in [5.74, 6) is -5.53. The van der Waals surface area contributed by atoms with Gasteiger partial charge in [0.1, 0.15) is 5.82 Å². The van der Waals surface area contributed by atoms with Crippen molar-refractivity contribution < 1.29 is 31.5 Å². The molecule has 0 heterocycles. The Balaban J connectivity index is 2.53. The first-order valence-corrected chi connectivity index (χ1v) is 8.17. The minimum Gasteiger partial charge on any atom is -0.478 e. The van der Waals surface area contributed by atoms with Crippen LogP contribution in [-0.4, -0.2) is 19.5 Å². The van der Waals surface area contributed by atoms with Crippen molar-refractivity contribution in [3.8, 4) is 0 Å². The quantitative estimate of drug-likeness (QED) is 0.804. The van der Waals surface area contributed by atoms with Crippen LogP contribution in [0.25, 0.3) is 0 Å². The van der Waals surface area contributed by atoms with E-state index in [9.17, 15) is 26.4 Å². The third-order valence-corrected chi connectivity index (χ3v) is 4.69. The number of sulfonamides is 1. The third-order valence-electron chi connectivity index (χ3n) is 3.24. The van der Waals surface area contributed by atoms with Gasteiger partial charge in [0.2, 0.25) is 0 Å². The number of rotatable bonds is 5. The number of carbonyl (C=O) groups is 1. The zero-order valence-corrected chi connectivity index (χ0v) is 13.1. The number of nitrogens with one attached hydrogen (secondary N) is 1. The first kappa shape index (κ1) is 17.8. The highest BCUT2D eigenvalue weighted by Crippen LogP contribution is 2.25. The van der Waals surface area contributed by atoms with Crippen molar-refractivity contribution in [2.45, 2.75) is 18.2 Å². The molecule has 5 nitrogen and oxygen atoms in total. The van der Waals surface area contributed by atoms with E-state index in [1.54, 1.807) is 6.92 Å². The molecule has 0 unspecified atom stereocenters. The van der Waals surface area contributed by atoms with E-state index < -0.39 is 39.1 Å². The molecule has 0 radical (unpaired) electrons. The third kappa shape index (κ3) is 3.51. The van der Waals surface area contributed by atoms with Crippen LogP contribution in [-0.2, 0) is 16.4 Å². The predicted molar refractivity (Wildman–Crippen MR) is 79.9 cm³/mol. The van der Waals surface area contributed by atoms with E-state index in [-0.39, 0.29) is 28.5 Å². The van der Waals surface area contributed by atoms with Crippen molar-refractivity contribution >= 4 is 21.7 Å². The van der Waals surface area contributed by atoms with Gasteiger partial charge in [-0.05, 0) is 24.1 Å². The molecule has 0 atom stereocenters. The van der Waals surface area contributed by atoms with Gasteiger partial charge < -0.3 is 5.11 Å². The van der Waals surface area contributed by atoms with Crippen LogP contribution in [0, 0.1) is 17.5 Å². The van der Waals surface area contributed by atoms with Gasteiger partial charge in [0.05, 0.1) is 16.1 Å². The Hall–Kier alpha value is -2.55. The van der Waals surface area contributed by atoms with Crippen LogP contribution in [0.5, 0.6) is 0 Å². The Bertz CT molecular complexity index is 913. The molecule has 0 saturated carbocycles. The van der Waals surface area contributed by atoms with Crippen LogP contribution in [0.15, 0.2) is 35.2 Å². The number of hydrogen-bond acceptors (Lipinski definition) is 3.